The van der Waals surface area contributed by atoms with E-state index in [2.05, 4.69) is 15.5 Å². The molecule has 0 aliphatic heterocycles. The molecular weight excluding hydrogens is 370 g/mol. The third kappa shape index (κ3) is 4.92. The lowest BCUT2D eigenvalue weighted by Gasteiger charge is -2.04. The number of carboxylic acids is 1. The van der Waals surface area contributed by atoms with E-state index in [9.17, 15) is 9.59 Å². The predicted octanol–water partition coefficient (Wildman–Crippen LogP) is 4.05. The number of carbonyl (C=O) groups excluding carboxylic acids is 1. The summed E-state index contributed by atoms with van der Waals surface area (Å²) in [5, 5.41) is 16.0. The number of hydrogen-bond acceptors (Lipinski definition) is 5. The zero-order valence-corrected chi connectivity index (χ0v) is 14.9. The van der Waals surface area contributed by atoms with E-state index >= 15 is 0 Å². The monoisotopic (exact) mass is 385 g/mol. The van der Waals surface area contributed by atoms with Crippen LogP contribution < -0.4 is 5.32 Å². The van der Waals surface area contributed by atoms with Crippen molar-refractivity contribution < 1.29 is 19.2 Å². The number of halogens is 1. The van der Waals surface area contributed by atoms with Crippen molar-refractivity contribution in [2.24, 2.45) is 0 Å². The van der Waals surface area contributed by atoms with Gasteiger partial charge in [-0.2, -0.15) is 4.98 Å². The van der Waals surface area contributed by atoms with Gasteiger partial charge in [-0.3, -0.25) is 4.79 Å². The third-order valence-corrected chi connectivity index (χ3v) is 4.12. The average Bonchev–Trinajstić information content (AvgIpc) is 3.11. The van der Waals surface area contributed by atoms with Crippen LogP contribution in [0, 0.1) is 0 Å². The highest BCUT2D eigenvalue weighted by molar-refractivity contribution is 6.33. The standard InChI is InChI=1S/C19H16ClN3O4/c20-15-5-2-1-4-14(15)18-22-17(27-23-18)7-3-6-16(24)21-13-10-8-12(9-11-13)19(25)26/h1-2,4-5,8-11H,3,6-7H2,(H,21,24)(H,25,26). The summed E-state index contributed by atoms with van der Waals surface area (Å²) >= 11 is 6.11. The highest BCUT2D eigenvalue weighted by atomic mass is 35.5. The molecule has 0 bridgehead atoms. The fraction of sp³-hybridized carbons (Fsp3) is 0.158. The van der Waals surface area contributed by atoms with Gasteiger partial charge < -0.3 is 14.9 Å². The van der Waals surface area contributed by atoms with Crippen LogP contribution in [0.1, 0.15) is 29.1 Å². The zero-order valence-electron chi connectivity index (χ0n) is 14.2. The Labute approximate surface area is 160 Å². The third-order valence-electron chi connectivity index (χ3n) is 3.79. The van der Waals surface area contributed by atoms with E-state index in [1.807, 2.05) is 12.1 Å². The van der Waals surface area contributed by atoms with Crippen molar-refractivity contribution in [1.29, 1.82) is 0 Å². The molecule has 0 unspecified atom stereocenters. The van der Waals surface area contributed by atoms with Crippen LogP contribution in [-0.2, 0) is 11.2 Å². The van der Waals surface area contributed by atoms with Crippen molar-refractivity contribution >= 4 is 29.2 Å². The summed E-state index contributed by atoms with van der Waals surface area (Å²) in [6.45, 7) is 0. The summed E-state index contributed by atoms with van der Waals surface area (Å²) in [5.74, 6) is -0.338. The minimum Gasteiger partial charge on any atom is -0.478 e. The molecule has 0 fully saturated rings. The second-order valence-corrected chi connectivity index (χ2v) is 6.18. The number of aromatic carboxylic acids is 1. The molecule has 138 valence electrons. The number of hydrogen-bond donors (Lipinski definition) is 2. The summed E-state index contributed by atoms with van der Waals surface area (Å²) in [7, 11) is 0. The first-order chi connectivity index (χ1) is 13.0. The second-order valence-electron chi connectivity index (χ2n) is 5.78. The molecular formula is C19H16ClN3O4. The van der Waals surface area contributed by atoms with Gasteiger partial charge in [-0.15, -0.1) is 0 Å². The minimum atomic E-state index is -1.01. The number of anilines is 1. The van der Waals surface area contributed by atoms with Crippen LogP contribution in [0.4, 0.5) is 5.69 Å². The summed E-state index contributed by atoms with van der Waals surface area (Å²) in [4.78, 5) is 27.1. The largest absolute Gasteiger partial charge is 0.478 e. The number of rotatable bonds is 7. The van der Waals surface area contributed by atoms with Crippen LogP contribution in [0.15, 0.2) is 53.1 Å². The van der Waals surface area contributed by atoms with Gasteiger partial charge in [0.2, 0.25) is 17.6 Å². The molecule has 8 heteroatoms. The van der Waals surface area contributed by atoms with Crippen molar-refractivity contribution in [2.45, 2.75) is 19.3 Å². The van der Waals surface area contributed by atoms with Gasteiger partial charge >= 0.3 is 5.97 Å². The van der Waals surface area contributed by atoms with E-state index in [0.29, 0.717) is 40.8 Å². The van der Waals surface area contributed by atoms with E-state index in [0.717, 1.165) is 0 Å². The molecule has 0 aliphatic carbocycles. The highest BCUT2D eigenvalue weighted by Gasteiger charge is 2.12. The minimum absolute atomic E-state index is 0.165. The topological polar surface area (TPSA) is 105 Å². The van der Waals surface area contributed by atoms with Crippen LogP contribution >= 0.6 is 11.6 Å². The first-order valence-electron chi connectivity index (χ1n) is 8.23. The maximum Gasteiger partial charge on any atom is 0.335 e. The molecule has 0 spiro atoms. The van der Waals surface area contributed by atoms with E-state index < -0.39 is 5.97 Å². The highest BCUT2D eigenvalue weighted by Crippen LogP contribution is 2.25. The van der Waals surface area contributed by atoms with Crippen molar-refractivity contribution in [2.75, 3.05) is 5.32 Å². The van der Waals surface area contributed by atoms with E-state index in [1.54, 1.807) is 24.3 Å². The Hall–Kier alpha value is -3.19. The second kappa shape index (κ2) is 8.46. The lowest BCUT2D eigenvalue weighted by molar-refractivity contribution is -0.116. The van der Waals surface area contributed by atoms with E-state index in [-0.39, 0.29) is 17.9 Å². The number of benzene rings is 2. The summed E-state index contributed by atoms with van der Waals surface area (Å²) in [6, 6.07) is 13.2. The molecule has 0 saturated carbocycles. The molecule has 2 aromatic carbocycles. The van der Waals surface area contributed by atoms with E-state index in [4.69, 9.17) is 21.2 Å². The lowest BCUT2D eigenvalue weighted by atomic mass is 10.2. The normalized spacial score (nSPS) is 10.6. The fourth-order valence-electron chi connectivity index (χ4n) is 2.43. The van der Waals surface area contributed by atoms with Gasteiger partial charge in [0.15, 0.2) is 0 Å². The average molecular weight is 386 g/mol. The molecule has 3 rings (SSSR count). The van der Waals surface area contributed by atoms with Crippen molar-refractivity contribution in [3.8, 4) is 11.4 Å². The number of carboxylic acid groups (broad SMARTS) is 1. The number of aryl methyl sites for hydroxylation is 1. The maximum absolute atomic E-state index is 12.0. The predicted molar refractivity (Wildman–Crippen MR) is 99.7 cm³/mol. The molecule has 1 heterocycles. The lowest BCUT2D eigenvalue weighted by Crippen LogP contribution is -2.11. The number of amides is 1. The Morgan fingerprint density at radius 3 is 2.56 bits per heavy atom. The molecule has 0 radical (unpaired) electrons. The summed E-state index contributed by atoms with van der Waals surface area (Å²) < 4.78 is 5.20. The fourth-order valence-corrected chi connectivity index (χ4v) is 2.65. The van der Waals surface area contributed by atoms with Crippen molar-refractivity contribution in [3.63, 3.8) is 0 Å². The van der Waals surface area contributed by atoms with Gasteiger partial charge in [0.1, 0.15) is 0 Å². The Balaban J connectivity index is 1.49. The molecule has 0 atom stereocenters. The first-order valence-corrected chi connectivity index (χ1v) is 8.61. The SMILES string of the molecule is O=C(CCCc1nc(-c2ccccc2Cl)no1)Nc1ccc(C(=O)O)cc1. The van der Waals surface area contributed by atoms with Gasteiger partial charge in [0.05, 0.1) is 10.6 Å². The zero-order chi connectivity index (χ0) is 19.2. The van der Waals surface area contributed by atoms with Gasteiger partial charge in [-0.1, -0.05) is 28.9 Å². The Kier molecular flexibility index (Phi) is 5.83. The molecule has 7 nitrogen and oxygen atoms in total. The number of nitrogens with one attached hydrogen (secondary N) is 1. The van der Waals surface area contributed by atoms with E-state index in [1.165, 1.54) is 12.1 Å². The Morgan fingerprint density at radius 2 is 1.85 bits per heavy atom. The molecule has 1 aromatic heterocycles. The van der Waals surface area contributed by atoms with Crippen LogP contribution in [0.25, 0.3) is 11.4 Å². The van der Waals surface area contributed by atoms with Gasteiger partial charge in [-0.05, 0) is 42.8 Å². The smallest absolute Gasteiger partial charge is 0.335 e. The Morgan fingerprint density at radius 1 is 1.11 bits per heavy atom. The van der Waals surface area contributed by atoms with Crippen molar-refractivity contribution in [1.82, 2.24) is 10.1 Å². The molecule has 2 N–H and O–H groups in total. The number of nitrogens with zero attached hydrogens (tertiary/aromatic N) is 2. The molecule has 27 heavy (non-hydrogen) atoms. The summed E-state index contributed by atoms with van der Waals surface area (Å²) in [5.41, 5.74) is 1.40. The molecule has 0 aliphatic rings. The van der Waals surface area contributed by atoms with Crippen molar-refractivity contribution in [3.05, 3.63) is 65.0 Å². The first kappa shape index (κ1) is 18.6. The molecule has 1 amide bonds. The van der Waals surface area contributed by atoms with Gasteiger partial charge in [-0.25, -0.2) is 4.79 Å². The Bertz CT molecular complexity index is 954. The summed E-state index contributed by atoms with van der Waals surface area (Å²) in [6.07, 6.45) is 1.26. The van der Waals surface area contributed by atoms with Crippen LogP contribution in [0.3, 0.4) is 0 Å². The molecule has 3 aromatic rings. The quantitative estimate of drug-likeness (QED) is 0.635. The van der Waals surface area contributed by atoms with Crippen LogP contribution in [-0.4, -0.2) is 27.1 Å². The number of aromatic nitrogens is 2. The van der Waals surface area contributed by atoms with Gasteiger partial charge in [0.25, 0.3) is 0 Å². The van der Waals surface area contributed by atoms with Gasteiger partial charge in [0, 0.05) is 24.1 Å². The van der Waals surface area contributed by atoms with Crippen LogP contribution in [0.5, 0.6) is 0 Å². The number of carbonyl (C=O) groups is 2. The maximum atomic E-state index is 12.0. The van der Waals surface area contributed by atoms with Crippen LogP contribution in [0.2, 0.25) is 5.02 Å². The molecule has 0 saturated heterocycles.